The van der Waals surface area contributed by atoms with Crippen LogP contribution in [0.5, 0.6) is 0 Å². The molecule has 0 saturated carbocycles. The number of hydrogen-bond donors (Lipinski definition) is 1. The molecule has 1 aromatic rings. The van der Waals surface area contributed by atoms with E-state index in [0.29, 0.717) is 0 Å². The third kappa shape index (κ3) is 1.35. The molecular weight excluding hydrogens is 197 g/mol. The summed E-state index contributed by atoms with van der Waals surface area (Å²) in [5, 5.41) is 11.8. The van der Waals surface area contributed by atoms with Crippen molar-refractivity contribution in [2.75, 3.05) is 0 Å². The lowest BCUT2D eigenvalue weighted by molar-refractivity contribution is -0.216. The van der Waals surface area contributed by atoms with Crippen molar-refractivity contribution in [3.8, 4) is 0 Å². The SMILES string of the molecule is CBc1ccc2c(c1)C(C)(C)N(O)C2(C)C. The molecule has 1 N–H and O–H groups in total. The van der Waals surface area contributed by atoms with Crippen LogP contribution in [-0.4, -0.2) is 17.5 Å². The zero-order valence-electron chi connectivity index (χ0n) is 10.8. The first-order valence-corrected chi connectivity index (χ1v) is 5.95. The minimum Gasteiger partial charge on any atom is -0.312 e. The zero-order chi connectivity index (χ0) is 12.1. The second-order valence-electron chi connectivity index (χ2n) is 5.66. The Bertz CT molecular complexity index is 426. The first-order chi connectivity index (χ1) is 7.31. The molecule has 86 valence electrons. The van der Waals surface area contributed by atoms with E-state index in [1.807, 2.05) is 0 Å². The maximum atomic E-state index is 10.3. The molecule has 1 aliphatic rings. The Hall–Kier alpha value is -0.795. The van der Waals surface area contributed by atoms with E-state index in [2.05, 4.69) is 52.7 Å². The summed E-state index contributed by atoms with van der Waals surface area (Å²) in [7, 11) is 1.04. The number of fused-ring (bicyclic) bond motifs is 1. The normalized spacial score (nSPS) is 21.9. The predicted molar refractivity (Wildman–Crippen MR) is 68.8 cm³/mol. The fraction of sp³-hybridized carbons (Fsp3) is 0.538. The van der Waals surface area contributed by atoms with Gasteiger partial charge in [0.15, 0.2) is 7.28 Å². The van der Waals surface area contributed by atoms with Crippen molar-refractivity contribution in [2.45, 2.75) is 45.6 Å². The van der Waals surface area contributed by atoms with Gasteiger partial charge in [0.1, 0.15) is 0 Å². The van der Waals surface area contributed by atoms with Crippen LogP contribution in [0.1, 0.15) is 38.8 Å². The summed E-state index contributed by atoms with van der Waals surface area (Å²) >= 11 is 0. The molecule has 3 heteroatoms. The summed E-state index contributed by atoms with van der Waals surface area (Å²) < 4.78 is 0. The van der Waals surface area contributed by atoms with Crippen LogP contribution in [0.2, 0.25) is 6.82 Å². The molecule has 0 fully saturated rings. The number of hydrogen-bond acceptors (Lipinski definition) is 2. The van der Waals surface area contributed by atoms with Crippen LogP contribution in [0.4, 0.5) is 0 Å². The number of rotatable bonds is 1. The molecule has 16 heavy (non-hydrogen) atoms. The quantitative estimate of drug-likeness (QED) is 0.727. The number of hydroxylamine groups is 2. The average Bonchev–Trinajstić information content (AvgIpc) is 2.38. The molecule has 0 amide bonds. The van der Waals surface area contributed by atoms with Crippen molar-refractivity contribution in [3.05, 3.63) is 29.3 Å². The highest BCUT2D eigenvalue weighted by Gasteiger charge is 2.48. The number of benzene rings is 1. The van der Waals surface area contributed by atoms with Gasteiger partial charge in [0, 0.05) is 0 Å². The fourth-order valence-corrected chi connectivity index (χ4v) is 2.78. The van der Waals surface area contributed by atoms with E-state index >= 15 is 0 Å². The maximum absolute atomic E-state index is 10.3. The molecule has 2 nitrogen and oxygen atoms in total. The van der Waals surface area contributed by atoms with Crippen molar-refractivity contribution in [1.29, 1.82) is 0 Å². The fourth-order valence-electron chi connectivity index (χ4n) is 2.78. The van der Waals surface area contributed by atoms with Crippen LogP contribution in [0.3, 0.4) is 0 Å². The van der Waals surface area contributed by atoms with Crippen LogP contribution in [0.25, 0.3) is 0 Å². The molecule has 0 saturated heterocycles. The summed E-state index contributed by atoms with van der Waals surface area (Å²) in [4.78, 5) is 0. The van der Waals surface area contributed by atoms with Crippen LogP contribution in [-0.2, 0) is 11.1 Å². The van der Waals surface area contributed by atoms with E-state index in [1.165, 1.54) is 21.7 Å². The topological polar surface area (TPSA) is 23.5 Å². The summed E-state index contributed by atoms with van der Waals surface area (Å²) in [6.45, 7) is 10.4. The molecule has 0 aliphatic carbocycles. The highest BCUT2D eigenvalue weighted by atomic mass is 16.5. The average molecular weight is 217 g/mol. The van der Waals surface area contributed by atoms with Crippen molar-refractivity contribution in [2.24, 2.45) is 0 Å². The first kappa shape index (κ1) is 11.7. The van der Waals surface area contributed by atoms with Gasteiger partial charge in [0.05, 0.1) is 11.1 Å². The lowest BCUT2D eigenvalue weighted by atomic mass is 9.71. The Morgan fingerprint density at radius 3 is 2.19 bits per heavy atom. The largest absolute Gasteiger partial charge is 0.312 e. The first-order valence-electron chi connectivity index (χ1n) is 5.95. The van der Waals surface area contributed by atoms with E-state index in [0.717, 1.165) is 7.28 Å². The smallest absolute Gasteiger partial charge is 0.154 e. The van der Waals surface area contributed by atoms with Crippen LogP contribution in [0, 0.1) is 0 Å². The zero-order valence-corrected chi connectivity index (χ0v) is 10.8. The van der Waals surface area contributed by atoms with Crippen molar-refractivity contribution in [3.63, 3.8) is 0 Å². The minimum atomic E-state index is -0.302. The molecular formula is C13H20BNO. The lowest BCUT2D eigenvalue weighted by Crippen LogP contribution is -2.42. The summed E-state index contributed by atoms with van der Waals surface area (Å²) in [5.41, 5.74) is 3.21. The lowest BCUT2D eigenvalue weighted by Gasteiger charge is -2.34. The molecule has 1 heterocycles. The van der Waals surface area contributed by atoms with Gasteiger partial charge in [-0.05, 0) is 38.8 Å². The van der Waals surface area contributed by atoms with Gasteiger partial charge in [-0.15, -0.1) is 0 Å². The van der Waals surface area contributed by atoms with E-state index in [1.54, 1.807) is 0 Å². The highest BCUT2D eigenvalue weighted by Crippen LogP contribution is 2.47. The standard InChI is InChI=1S/C13H20BNO/c1-12(2)10-7-6-9(14-5)8-11(10)13(3,4)15(12)16/h6-8,14,16H,1-5H3. The highest BCUT2D eigenvalue weighted by molar-refractivity contribution is 6.51. The third-order valence-corrected chi connectivity index (χ3v) is 3.87. The monoisotopic (exact) mass is 217 g/mol. The summed E-state index contributed by atoms with van der Waals surface area (Å²) in [6, 6.07) is 6.55. The minimum absolute atomic E-state index is 0.300. The second-order valence-corrected chi connectivity index (χ2v) is 5.66. The molecule has 0 atom stereocenters. The van der Waals surface area contributed by atoms with Crippen molar-refractivity contribution in [1.82, 2.24) is 5.06 Å². The van der Waals surface area contributed by atoms with Gasteiger partial charge in [0.25, 0.3) is 0 Å². The van der Waals surface area contributed by atoms with Gasteiger partial charge >= 0.3 is 0 Å². The van der Waals surface area contributed by atoms with Crippen molar-refractivity contribution >= 4 is 12.7 Å². The van der Waals surface area contributed by atoms with Gasteiger partial charge in [-0.3, -0.25) is 0 Å². The molecule has 0 unspecified atom stereocenters. The van der Waals surface area contributed by atoms with Gasteiger partial charge < -0.3 is 5.21 Å². The molecule has 0 aromatic heterocycles. The van der Waals surface area contributed by atoms with Gasteiger partial charge in [-0.25, -0.2) is 0 Å². The van der Waals surface area contributed by atoms with Crippen molar-refractivity contribution < 1.29 is 5.21 Å². The van der Waals surface area contributed by atoms with Gasteiger partial charge in [0.2, 0.25) is 0 Å². The predicted octanol–water partition coefficient (Wildman–Crippen LogP) is 1.97. The van der Waals surface area contributed by atoms with E-state index < -0.39 is 0 Å². The Morgan fingerprint density at radius 1 is 1.06 bits per heavy atom. The molecule has 1 aromatic carbocycles. The third-order valence-electron chi connectivity index (χ3n) is 3.87. The van der Waals surface area contributed by atoms with Gasteiger partial charge in [-0.2, -0.15) is 5.06 Å². The molecule has 0 radical (unpaired) electrons. The molecule has 2 rings (SSSR count). The van der Waals surface area contributed by atoms with Crippen LogP contribution < -0.4 is 5.46 Å². The Labute approximate surface area is 98.5 Å². The summed E-state index contributed by atoms with van der Waals surface area (Å²) in [6.07, 6.45) is 0. The van der Waals surface area contributed by atoms with Crippen LogP contribution in [0.15, 0.2) is 18.2 Å². The molecule has 0 bridgehead atoms. The van der Waals surface area contributed by atoms with E-state index in [9.17, 15) is 5.21 Å². The Balaban J connectivity index is 2.65. The second kappa shape index (κ2) is 3.35. The number of nitrogens with zero attached hydrogens (tertiary/aromatic N) is 1. The Kier molecular flexibility index (Phi) is 2.44. The van der Waals surface area contributed by atoms with Crippen LogP contribution >= 0.6 is 0 Å². The summed E-state index contributed by atoms with van der Waals surface area (Å²) in [5.74, 6) is 0. The van der Waals surface area contributed by atoms with E-state index in [4.69, 9.17) is 0 Å². The van der Waals surface area contributed by atoms with Gasteiger partial charge in [-0.1, -0.05) is 30.5 Å². The molecule has 1 aliphatic heterocycles. The molecule has 0 spiro atoms. The maximum Gasteiger partial charge on any atom is 0.154 e. The Morgan fingerprint density at radius 2 is 1.62 bits per heavy atom. The van der Waals surface area contributed by atoms with E-state index in [-0.39, 0.29) is 11.1 Å².